The number of hydrogen-bond donors (Lipinski definition) is 0. The number of benzene rings is 3. The number of unbranched alkanes of at least 4 members (excludes halogenated alkanes) is 2. The van der Waals surface area contributed by atoms with Crippen LogP contribution in [0.4, 0.5) is 0 Å². The van der Waals surface area contributed by atoms with Crippen LogP contribution in [0.5, 0.6) is 11.5 Å². The van der Waals surface area contributed by atoms with Crippen molar-refractivity contribution in [3.05, 3.63) is 46.4 Å². The van der Waals surface area contributed by atoms with Crippen LogP contribution in [-0.2, 0) is 0 Å². The summed E-state index contributed by atoms with van der Waals surface area (Å²) in [6.07, 6.45) is 4.12. The smallest absolute Gasteiger partial charge is 0.136 e. The number of ether oxygens (including phenoxy) is 2. The van der Waals surface area contributed by atoms with Crippen LogP contribution in [0.2, 0.25) is 10.0 Å². The summed E-state index contributed by atoms with van der Waals surface area (Å²) < 4.78 is 12.4. The first kappa shape index (κ1) is 19.1. The summed E-state index contributed by atoms with van der Waals surface area (Å²) in [5, 5.41) is 5.01. The molecule has 0 aliphatic rings. The molecule has 0 aromatic heterocycles. The molecule has 0 N–H and O–H groups in total. The van der Waals surface area contributed by atoms with E-state index < -0.39 is 0 Å². The van der Waals surface area contributed by atoms with Crippen LogP contribution in [0.25, 0.3) is 21.5 Å². The van der Waals surface area contributed by atoms with Gasteiger partial charge in [-0.1, -0.05) is 74.2 Å². The topological polar surface area (TPSA) is 18.5 Å². The van der Waals surface area contributed by atoms with Crippen LogP contribution >= 0.6 is 23.2 Å². The Hall–Kier alpha value is -1.64. The zero-order chi connectivity index (χ0) is 18.5. The second kappa shape index (κ2) is 8.83. The summed E-state index contributed by atoms with van der Waals surface area (Å²) in [7, 11) is 0. The van der Waals surface area contributed by atoms with E-state index in [-0.39, 0.29) is 0 Å². The SMILES string of the molecule is CCCCOc1c2cccc(Cl)c2c(OCCCC)c2cccc(Cl)c12. The zero-order valence-electron chi connectivity index (χ0n) is 15.3. The van der Waals surface area contributed by atoms with Crippen LogP contribution in [0.3, 0.4) is 0 Å². The van der Waals surface area contributed by atoms with Gasteiger partial charge < -0.3 is 9.47 Å². The van der Waals surface area contributed by atoms with Gasteiger partial charge in [-0.25, -0.2) is 0 Å². The van der Waals surface area contributed by atoms with Crippen molar-refractivity contribution in [1.29, 1.82) is 0 Å². The first-order valence-corrected chi connectivity index (χ1v) is 10.0. The highest BCUT2D eigenvalue weighted by atomic mass is 35.5. The van der Waals surface area contributed by atoms with Crippen molar-refractivity contribution in [2.75, 3.05) is 13.2 Å². The minimum absolute atomic E-state index is 0.647. The Kier molecular flexibility index (Phi) is 6.50. The van der Waals surface area contributed by atoms with Crippen molar-refractivity contribution in [2.24, 2.45) is 0 Å². The highest BCUT2D eigenvalue weighted by molar-refractivity contribution is 6.40. The fourth-order valence-corrected chi connectivity index (χ4v) is 3.62. The summed E-state index contributed by atoms with van der Waals surface area (Å²) in [6, 6.07) is 11.7. The molecule has 26 heavy (non-hydrogen) atoms. The minimum atomic E-state index is 0.647. The van der Waals surface area contributed by atoms with E-state index in [1.54, 1.807) is 0 Å². The molecular formula is C22H24Cl2O2. The van der Waals surface area contributed by atoms with Crippen molar-refractivity contribution in [2.45, 2.75) is 39.5 Å². The van der Waals surface area contributed by atoms with Gasteiger partial charge in [0.25, 0.3) is 0 Å². The number of rotatable bonds is 8. The van der Waals surface area contributed by atoms with E-state index in [0.717, 1.165) is 58.7 Å². The van der Waals surface area contributed by atoms with Gasteiger partial charge in [0.05, 0.1) is 23.3 Å². The number of hydrogen-bond acceptors (Lipinski definition) is 2. The summed E-state index contributed by atoms with van der Waals surface area (Å²) >= 11 is 13.2. The van der Waals surface area contributed by atoms with E-state index in [0.29, 0.717) is 23.3 Å². The van der Waals surface area contributed by atoms with Gasteiger partial charge in [0.15, 0.2) is 0 Å². The molecule has 0 saturated heterocycles. The third kappa shape index (κ3) is 3.72. The largest absolute Gasteiger partial charge is 0.492 e. The third-order valence-corrected chi connectivity index (χ3v) is 5.09. The monoisotopic (exact) mass is 390 g/mol. The molecule has 0 heterocycles. The fourth-order valence-electron chi connectivity index (χ4n) is 3.09. The molecule has 0 bridgehead atoms. The quantitative estimate of drug-likeness (QED) is 0.290. The van der Waals surface area contributed by atoms with Crippen molar-refractivity contribution >= 4 is 44.7 Å². The first-order chi connectivity index (χ1) is 12.7. The molecule has 0 amide bonds. The van der Waals surface area contributed by atoms with E-state index in [1.807, 2.05) is 36.4 Å². The molecule has 0 saturated carbocycles. The van der Waals surface area contributed by atoms with Crippen LogP contribution in [0.15, 0.2) is 36.4 Å². The van der Waals surface area contributed by atoms with Crippen molar-refractivity contribution in [3.8, 4) is 11.5 Å². The highest BCUT2D eigenvalue weighted by Gasteiger charge is 2.20. The van der Waals surface area contributed by atoms with Gasteiger partial charge in [-0.3, -0.25) is 0 Å². The zero-order valence-corrected chi connectivity index (χ0v) is 16.8. The van der Waals surface area contributed by atoms with Gasteiger partial charge in [0.1, 0.15) is 11.5 Å². The van der Waals surface area contributed by atoms with Crippen molar-refractivity contribution < 1.29 is 9.47 Å². The fraction of sp³-hybridized carbons (Fsp3) is 0.364. The molecule has 3 rings (SSSR count). The molecule has 0 spiro atoms. The van der Waals surface area contributed by atoms with E-state index >= 15 is 0 Å². The summed E-state index contributed by atoms with van der Waals surface area (Å²) in [5.41, 5.74) is 0. The molecule has 0 unspecified atom stereocenters. The molecule has 0 fully saturated rings. The van der Waals surface area contributed by atoms with E-state index in [2.05, 4.69) is 13.8 Å². The highest BCUT2D eigenvalue weighted by Crippen LogP contribution is 2.47. The number of halogens is 2. The lowest BCUT2D eigenvalue weighted by molar-refractivity contribution is 0.311. The lowest BCUT2D eigenvalue weighted by Crippen LogP contribution is -2.02. The average Bonchev–Trinajstić information content (AvgIpc) is 2.64. The van der Waals surface area contributed by atoms with Crippen molar-refractivity contribution in [3.63, 3.8) is 0 Å². The standard InChI is InChI=1S/C22H24Cl2O2/c1-3-5-13-25-21-15-9-7-12-18(24)20(15)22(26-14-6-4-2)16-10-8-11-17(23)19(16)21/h7-12H,3-6,13-14H2,1-2H3. The maximum absolute atomic E-state index is 6.58. The second-order valence-corrected chi connectivity index (χ2v) is 7.20. The van der Waals surface area contributed by atoms with Gasteiger partial charge >= 0.3 is 0 Å². The Balaban J connectivity index is 2.30. The Bertz CT molecular complexity index is 830. The van der Waals surface area contributed by atoms with Crippen LogP contribution < -0.4 is 9.47 Å². The molecular weight excluding hydrogens is 367 g/mol. The molecule has 0 radical (unpaired) electrons. The molecule has 4 heteroatoms. The first-order valence-electron chi connectivity index (χ1n) is 9.27. The molecule has 0 atom stereocenters. The van der Waals surface area contributed by atoms with E-state index in [1.165, 1.54) is 0 Å². The molecule has 3 aromatic carbocycles. The average molecular weight is 391 g/mol. The van der Waals surface area contributed by atoms with Gasteiger partial charge in [0.2, 0.25) is 0 Å². The summed E-state index contributed by atoms with van der Waals surface area (Å²) in [4.78, 5) is 0. The normalized spacial score (nSPS) is 11.2. The Morgan fingerprint density at radius 1 is 0.692 bits per heavy atom. The summed E-state index contributed by atoms with van der Waals surface area (Å²) in [5.74, 6) is 1.58. The third-order valence-electron chi connectivity index (χ3n) is 4.46. The Labute approximate surface area is 165 Å². The minimum Gasteiger partial charge on any atom is -0.492 e. The van der Waals surface area contributed by atoms with Gasteiger partial charge in [-0.05, 0) is 25.0 Å². The molecule has 2 nitrogen and oxygen atoms in total. The predicted octanol–water partition coefficient (Wildman–Crippen LogP) is 7.66. The predicted molar refractivity (Wildman–Crippen MR) is 112 cm³/mol. The lowest BCUT2D eigenvalue weighted by atomic mass is 10.00. The Morgan fingerprint density at radius 2 is 1.12 bits per heavy atom. The second-order valence-electron chi connectivity index (χ2n) is 6.39. The summed E-state index contributed by atoms with van der Waals surface area (Å²) in [6.45, 7) is 5.59. The van der Waals surface area contributed by atoms with Crippen molar-refractivity contribution in [1.82, 2.24) is 0 Å². The maximum Gasteiger partial charge on any atom is 0.136 e. The van der Waals surface area contributed by atoms with Crippen LogP contribution in [-0.4, -0.2) is 13.2 Å². The van der Waals surface area contributed by atoms with E-state index in [9.17, 15) is 0 Å². The van der Waals surface area contributed by atoms with Crippen LogP contribution in [0.1, 0.15) is 39.5 Å². The Morgan fingerprint density at radius 3 is 1.50 bits per heavy atom. The maximum atomic E-state index is 6.58. The van der Waals surface area contributed by atoms with Crippen LogP contribution in [0, 0.1) is 0 Å². The molecule has 138 valence electrons. The molecule has 3 aromatic rings. The van der Waals surface area contributed by atoms with E-state index in [4.69, 9.17) is 32.7 Å². The molecule has 0 aliphatic carbocycles. The van der Waals surface area contributed by atoms with Gasteiger partial charge in [-0.2, -0.15) is 0 Å². The lowest BCUT2D eigenvalue weighted by Gasteiger charge is -2.19. The van der Waals surface area contributed by atoms with Gasteiger partial charge in [-0.15, -0.1) is 0 Å². The van der Waals surface area contributed by atoms with Gasteiger partial charge in [0, 0.05) is 21.5 Å². The molecule has 0 aliphatic heterocycles. The number of fused-ring (bicyclic) bond motifs is 2.